The molecule has 98 heavy (non-hydrogen) atoms. The van der Waals surface area contributed by atoms with E-state index in [1.54, 1.807) is 12.1 Å². The van der Waals surface area contributed by atoms with E-state index in [-0.39, 0.29) is 28.1 Å². The van der Waals surface area contributed by atoms with Crippen LogP contribution in [0.25, 0.3) is 181 Å². The first-order chi connectivity index (χ1) is 48.2. The van der Waals surface area contributed by atoms with Crippen LogP contribution in [0.15, 0.2) is 297 Å². The Morgan fingerprint density at radius 2 is 0.561 bits per heavy atom. The van der Waals surface area contributed by atoms with Crippen LogP contribution in [0.5, 0.6) is 0 Å². The molecule has 0 aliphatic heterocycles. The van der Waals surface area contributed by atoms with Crippen LogP contribution in [0.4, 0.5) is 18.9 Å². The molecule has 8 nitrogen and oxygen atoms in total. The molecule has 20 rings (SSSR count). The number of fused-ring (bicyclic) bond motifs is 18. The molecule has 458 valence electrons. The number of nitrogens with zero attached hydrogens (tertiary/aromatic N) is 8. The van der Waals surface area contributed by atoms with E-state index in [4.69, 9.17) is 6.57 Å². The zero-order valence-corrected chi connectivity index (χ0v) is 52.0. The van der Waals surface area contributed by atoms with Gasteiger partial charge in [-0.1, -0.05) is 188 Å². The normalized spacial score (nSPS) is 12.2. The number of alkyl halides is 3. The first kappa shape index (κ1) is 55.1. The highest BCUT2D eigenvalue weighted by Crippen LogP contribution is 2.50. The van der Waals surface area contributed by atoms with Gasteiger partial charge in [0.15, 0.2) is 5.69 Å². The third kappa shape index (κ3) is 7.75. The average Bonchev–Trinajstić information content (AvgIpc) is 1.57. The average molecular weight is 1260 g/mol. The van der Waals surface area contributed by atoms with E-state index in [1.165, 1.54) is 12.1 Å². The van der Waals surface area contributed by atoms with Crippen LogP contribution in [0, 0.1) is 17.9 Å². The molecule has 0 N–H and O–H groups in total. The Morgan fingerprint density at radius 3 is 0.837 bits per heavy atom. The van der Waals surface area contributed by atoms with Gasteiger partial charge >= 0.3 is 6.18 Å². The molecule has 20 aromatic rings. The fourth-order valence-electron chi connectivity index (χ4n) is 16.3. The Hall–Kier alpha value is -13.4. The Morgan fingerprint density at radius 1 is 0.286 bits per heavy atom. The highest BCUT2D eigenvalue weighted by molar-refractivity contribution is 6.17. The Kier molecular flexibility index (Phi) is 11.6. The smallest absolute Gasteiger partial charge is 0.309 e. The molecule has 14 aromatic carbocycles. The van der Waals surface area contributed by atoms with Crippen LogP contribution in [0.1, 0.15) is 11.1 Å². The Labute approximate surface area is 556 Å². The maximum absolute atomic E-state index is 16.5. The predicted molar refractivity (Wildman–Crippen MR) is 394 cm³/mol. The van der Waals surface area contributed by atoms with Gasteiger partial charge in [0.2, 0.25) is 0 Å². The van der Waals surface area contributed by atoms with Crippen LogP contribution in [0.2, 0.25) is 0 Å². The monoisotopic (exact) mass is 1260 g/mol. The summed E-state index contributed by atoms with van der Waals surface area (Å²) in [6.45, 7) is 8.81. The summed E-state index contributed by atoms with van der Waals surface area (Å²) >= 11 is 0. The standard InChI is InChI=1S/C87H49F3N8/c1-92-71-28-18-27-70(87(88,89)90)86(71)69-50-80(97-82-46-53(93-72-29-10-2-19-57(72)58-20-3-11-30-73(58)93)37-41-65(82)66-42-38-54(47-83(66)97)94-74-31-12-4-21-59(74)60-22-5-13-32-75(60)94)52(51-91)45-81(69)98-84-48-55(95-76-33-14-6-23-61(76)62-24-7-15-34-77(62)95)39-43-67(84)68-44-40-56(49-85(68)98)96-78-35-16-8-25-63(78)64-26-9-17-36-79(64)96/h2-50H. The third-order valence-corrected chi connectivity index (χ3v) is 20.3. The Bertz CT molecular complexity index is 6410. The lowest BCUT2D eigenvalue weighted by Crippen LogP contribution is -2.10. The zero-order chi connectivity index (χ0) is 65.2. The van der Waals surface area contributed by atoms with Crippen LogP contribution in [-0.4, -0.2) is 27.4 Å². The van der Waals surface area contributed by atoms with Crippen molar-refractivity contribution in [1.82, 2.24) is 27.4 Å². The summed E-state index contributed by atoms with van der Waals surface area (Å²) in [6.07, 6.45) is -4.93. The summed E-state index contributed by atoms with van der Waals surface area (Å²) in [5.74, 6) is 0. The highest BCUT2D eigenvalue weighted by atomic mass is 19.4. The van der Waals surface area contributed by atoms with Crippen molar-refractivity contribution in [3.05, 3.63) is 320 Å². The number of nitriles is 1. The first-order valence-electron chi connectivity index (χ1n) is 32.5. The molecule has 0 aliphatic carbocycles. The number of benzene rings is 14. The molecule has 0 fully saturated rings. The van der Waals surface area contributed by atoms with Gasteiger partial charge in [-0.05, 0) is 115 Å². The number of aromatic nitrogens is 6. The van der Waals surface area contributed by atoms with E-state index in [2.05, 4.69) is 204 Å². The number of hydrogen-bond acceptors (Lipinski definition) is 1. The van der Waals surface area contributed by atoms with Gasteiger partial charge in [0, 0.05) is 92.9 Å². The molecule has 0 radical (unpaired) electrons. The van der Waals surface area contributed by atoms with Crippen molar-refractivity contribution < 1.29 is 13.2 Å². The molecule has 0 bridgehead atoms. The van der Waals surface area contributed by atoms with Gasteiger partial charge < -0.3 is 27.4 Å². The second-order valence-electron chi connectivity index (χ2n) is 25.3. The molecule has 6 heterocycles. The summed E-state index contributed by atoms with van der Waals surface area (Å²) in [7, 11) is 0. The zero-order valence-electron chi connectivity index (χ0n) is 52.0. The van der Waals surface area contributed by atoms with E-state index in [9.17, 15) is 5.26 Å². The van der Waals surface area contributed by atoms with Crippen molar-refractivity contribution >= 4 is 137 Å². The molecule has 0 amide bonds. The summed E-state index contributed by atoms with van der Waals surface area (Å²) in [5.41, 5.74) is 13.5. The van der Waals surface area contributed by atoms with E-state index < -0.39 is 11.7 Å². The molecule has 6 aromatic heterocycles. The van der Waals surface area contributed by atoms with Gasteiger partial charge in [0.25, 0.3) is 0 Å². The maximum Gasteiger partial charge on any atom is 0.415 e. The second-order valence-corrected chi connectivity index (χ2v) is 25.3. The lowest BCUT2D eigenvalue weighted by Gasteiger charge is -2.22. The van der Waals surface area contributed by atoms with Gasteiger partial charge in [0.05, 0.1) is 95.3 Å². The fraction of sp³-hybridized carbons (Fsp3) is 0.0115. The van der Waals surface area contributed by atoms with Gasteiger partial charge in [-0.2, -0.15) is 18.4 Å². The molecular weight excluding hydrogens is 1210 g/mol. The Balaban J connectivity index is 0.941. The SMILES string of the molecule is [C-]#[N+]c1cccc(C(F)(F)F)c1-c1cc(-n2c3cc(-n4c5ccccc5c5ccccc54)ccc3c3ccc(-n4c5ccccc5c5ccccc54)cc32)c(C#N)cc1-n1c2cc(-n3c4ccccc4c4ccccc43)ccc2c2ccc(-n3c4ccccc4c4ccccc43)cc21. The molecule has 0 aliphatic rings. The van der Waals surface area contributed by atoms with Gasteiger partial charge in [-0.25, -0.2) is 4.85 Å². The van der Waals surface area contributed by atoms with Gasteiger partial charge in [-0.3, -0.25) is 0 Å². The molecule has 0 unspecified atom stereocenters. The predicted octanol–water partition coefficient (Wildman–Crippen LogP) is 23.4. The summed E-state index contributed by atoms with van der Waals surface area (Å²) in [5, 5.41) is 24.3. The quantitative estimate of drug-likeness (QED) is 0.147. The first-order valence-corrected chi connectivity index (χ1v) is 32.5. The minimum Gasteiger partial charge on any atom is -0.309 e. The van der Waals surface area contributed by atoms with E-state index >= 15 is 13.2 Å². The van der Waals surface area contributed by atoms with Crippen LogP contribution in [-0.2, 0) is 6.18 Å². The number of halogens is 3. The van der Waals surface area contributed by atoms with Crippen molar-refractivity contribution in [2.45, 2.75) is 6.18 Å². The lowest BCUT2D eigenvalue weighted by molar-refractivity contribution is -0.137. The van der Waals surface area contributed by atoms with E-state index in [0.717, 1.165) is 138 Å². The van der Waals surface area contributed by atoms with Crippen molar-refractivity contribution in [3.8, 4) is 51.3 Å². The third-order valence-electron chi connectivity index (χ3n) is 20.3. The minimum atomic E-state index is -4.93. The summed E-state index contributed by atoms with van der Waals surface area (Å²) < 4.78 is 62.6. The van der Waals surface area contributed by atoms with Crippen molar-refractivity contribution in [3.63, 3.8) is 0 Å². The molecule has 11 heteroatoms. The van der Waals surface area contributed by atoms with Gasteiger partial charge in [0.1, 0.15) is 6.07 Å². The van der Waals surface area contributed by atoms with Gasteiger partial charge in [-0.15, -0.1) is 0 Å². The van der Waals surface area contributed by atoms with Crippen molar-refractivity contribution in [2.24, 2.45) is 0 Å². The van der Waals surface area contributed by atoms with Crippen LogP contribution in [0.3, 0.4) is 0 Å². The number of rotatable bonds is 7. The maximum atomic E-state index is 16.5. The number of hydrogen-bond donors (Lipinski definition) is 0. The molecular formula is C87H49F3N8. The molecule has 0 spiro atoms. The van der Waals surface area contributed by atoms with Crippen molar-refractivity contribution in [1.29, 1.82) is 5.26 Å². The second kappa shape index (κ2) is 20.6. The fourth-order valence-corrected chi connectivity index (χ4v) is 16.3. The topological polar surface area (TPSA) is 57.7 Å². The number of para-hydroxylation sites is 8. The summed E-state index contributed by atoms with van der Waals surface area (Å²) in [4.78, 5) is 3.95. The minimum absolute atomic E-state index is 0.105. The molecule has 0 saturated heterocycles. The van der Waals surface area contributed by atoms with E-state index in [1.807, 2.05) is 102 Å². The lowest BCUT2D eigenvalue weighted by atomic mass is 9.93. The van der Waals surface area contributed by atoms with E-state index in [0.29, 0.717) is 27.8 Å². The van der Waals surface area contributed by atoms with Crippen molar-refractivity contribution in [2.75, 3.05) is 0 Å². The largest absolute Gasteiger partial charge is 0.415 e. The van der Waals surface area contributed by atoms with Crippen LogP contribution >= 0.6 is 0 Å². The molecule has 0 saturated carbocycles. The summed E-state index contributed by atoms with van der Waals surface area (Å²) in [6, 6.07) is 102. The highest BCUT2D eigenvalue weighted by Gasteiger charge is 2.37. The molecule has 0 atom stereocenters. The van der Waals surface area contributed by atoms with Crippen LogP contribution < -0.4 is 0 Å².